The van der Waals surface area contributed by atoms with Gasteiger partial charge in [0.1, 0.15) is 66.2 Å². The lowest BCUT2D eigenvalue weighted by Gasteiger charge is -2.29. The molecule has 6 rings (SSSR count). The number of nitrogens with two attached hydrogens (primary N) is 4. The number of para-hydroxylation sites is 1. The zero-order valence-corrected chi connectivity index (χ0v) is 62.5. The van der Waals surface area contributed by atoms with E-state index >= 15 is 4.79 Å². The Morgan fingerprint density at radius 3 is 1.34 bits per heavy atom. The first kappa shape index (κ1) is 87.6. The van der Waals surface area contributed by atoms with E-state index in [2.05, 4.69) is 73.4 Å². The normalized spacial score (nSPS) is 14.5. The highest BCUT2D eigenvalue weighted by Gasteiger charge is 2.39. The summed E-state index contributed by atoms with van der Waals surface area (Å²) in [5.74, 6) is -13.7. The van der Waals surface area contributed by atoms with Crippen LogP contribution >= 0.6 is 0 Å². The summed E-state index contributed by atoms with van der Waals surface area (Å²) in [6.45, 7) is 8.37. The SMILES string of the molecule is CC(C)C[C@H](NC(=O)[C@H](Cc1cnc[nH]1)NC(=O)[C@H](CCC(N)=O)NC(=O)[C@H](Cc1c[nH]c2ccccc12)NC(=O)[C@@H](NC(=O)[C@H](CCC(N)=O)NC(=O)[C@H](Cc1ccccc1)NC(=O)[C@H](CC(C)C)NC(=O)[C@@H](N)Cc1ccc(O)cc1)[C@@H](C)O)C(=O)N[C@@H](Cc1ccccc1)C(=O)N[C@@H](CCCNC(=N)N)C(=O)O. The molecule has 0 aliphatic carbocycles. The molecule has 111 heavy (non-hydrogen) atoms. The van der Waals surface area contributed by atoms with Crippen molar-refractivity contribution >= 4 is 93.7 Å². The third kappa shape index (κ3) is 29.7. The van der Waals surface area contributed by atoms with Crippen LogP contribution in [0.25, 0.3) is 10.9 Å². The van der Waals surface area contributed by atoms with Crippen molar-refractivity contribution in [3.8, 4) is 5.75 Å². The number of benzene rings is 4. The Morgan fingerprint density at radius 1 is 0.459 bits per heavy atom. The number of phenols is 1. The van der Waals surface area contributed by atoms with Crippen LogP contribution in [0.5, 0.6) is 5.75 Å². The second-order valence-electron chi connectivity index (χ2n) is 28.1. The highest BCUT2D eigenvalue weighted by Crippen LogP contribution is 2.21. The van der Waals surface area contributed by atoms with Crippen LogP contribution < -0.4 is 81.4 Å². The highest BCUT2D eigenvalue weighted by molar-refractivity contribution is 6.00. The standard InChI is InChI=1S/C76H103N19O16/c1-41(2)31-56(89-65(100)51(77)33-46-22-24-49(97)25-23-46)68(103)91-58(34-44-15-8-6-9-16-44)70(105)87-54(27-29-63(79)99)67(102)95-64(43(5)96)74(109)94-60(36-47-38-84-52-20-13-12-19-50(47)52)72(107)86-53(26-28-62(78)98)66(101)93-61(37-48-39-82-40-85-48)73(108)90-57(32-42(3)4)69(104)92-59(35-45-17-10-7-11-18-45)71(106)88-55(75(110)111)21-14-30-83-76(80)81/h6-13,15-20,22-25,38-43,51,53-61,64,84,96-97H,14,21,26-37,77H2,1-5H3,(H2,78,98)(H2,79,99)(H,82,85)(H,86,107)(H,87,105)(H,88,106)(H,89,100)(H,90,108)(H,91,103)(H,92,104)(H,93,101)(H,94,109)(H,95,102)(H,110,111)(H4,80,81,83)/t43-,51+,53+,54+,55+,56+,57+,58+,59+,60+,61+,64+/m1/s1. The van der Waals surface area contributed by atoms with Crippen LogP contribution in [0.3, 0.4) is 0 Å². The number of nitrogens with one attached hydrogen (secondary N) is 14. The Balaban J connectivity index is 1.26. The number of aromatic hydroxyl groups is 1. The molecule has 0 fully saturated rings. The van der Waals surface area contributed by atoms with Crippen LogP contribution in [0, 0.1) is 17.2 Å². The number of aliphatic hydroxyl groups is 1. The number of carboxylic acids is 1. The molecule has 0 unspecified atom stereocenters. The van der Waals surface area contributed by atoms with Crippen LogP contribution in [0.2, 0.25) is 0 Å². The lowest BCUT2D eigenvalue weighted by Crippen LogP contribution is -2.62. The molecule has 4 aromatic carbocycles. The van der Waals surface area contributed by atoms with Gasteiger partial charge in [0.15, 0.2) is 5.96 Å². The molecule has 0 saturated carbocycles. The van der Waals surface area contributed by atoms with Gasteiger partial charge < -0.3 is 107 Å². The van der Waals surface area contributed by atoms with Crippen LogP contribution in [0.1, 0.15) is 114 Å². The molecule has 0 saturated heterocycles. The van der Waals surface area contributed by atoms with Crippen LogP contribution in [0.4, 0.5) is 0 Å². The van der Waals surface area contributed by atoms with Gasteiger partial charge in [-0.25, -0.2) is 9.78 Å². The molecule has 0 radical (unpaired) electrons. The number of carbonyl (C=O) groups excluding carboxylic acids is 12. The Kier molecular flexibility index (Phi) is 34.5. The van der Waals surface area contributed by atoms with E-state index in [1.54, 1.807) is 131 Å². The van der Waals surface area contributed by atoms with Crippen LogP contribution in [0.15, 0.2) is 128 Å². The van der Waals surface area contributed by atoms with Crippen molar-refractivity contribution in [3.05, 3.63) is 156 Å². The van der Waals surface area contributed by atoms with Crippen LogP contribution in [-0.4, -0.2) is 192 Å². The summed E-state index contributed by atoms with van der Waals surface area (Å²) in [4.78, 5) is 193. The van der Waals surface area contributed by atoms with Crippen molar-refractivity contribution in [2.75, 3.05) is 6.54 Å². The number of nitrogens with zero attached hydrogens (tertiary/aromatic N) is 1. The molecule has 2 heterocycles. The first-order chi connectivity index (χ1) is 52.7. The van der Waals surface area contributed by atoms with Gasteiger partial charge in [0.25, 0.3) is 0 Å². The third-order valence-electron chi connectivity index (χ3n) is 17.9. The number of rotatable bonds is 46. The number of aromatic nitrogens is 3. The average Bonchev–Trinajstić information content (AvgIpc) is 1.74. The number of H-pyrrole nitrogens is 2. The van der Waals surface area contributed by atoms with E-state index in [0.29, 0.717) is 38.9 Å². The van der Waals surface area contributed by atoms with Gasteiger partial charge in [0, 0.05) is 74.1 Å². The molecule has 2 aromatic heterocycles. The molecule has 598 valence electrons. The summed E-state index contributed by atoms with van der Waals surface area (Å²) in [6, 6.07) is 13.0. The number of amides is 12. The van der Waals surface area contributed by atoms with E-state index < -0.39 is 175 Å². The molecule has 12 amide bonds. The number of aliphatic carboxylic acids is 1. The van der Waals surface area contributed by atoms with Crippen molar-refractivity contribution in [1.82, 2.24) is 73.4 Å². The molecular weight excluding hydrogens is 1430 g/mol. The van der Waals surface area contributed by atoms with E-state index in [9.17, 15) is 72.9 Å². The number of imidazole rings is 1. The second-order valence-corrected chi connectivity index (χ2v) is 28.1. The first-order valence-electron chi connectivity index (χ1n) is 36.5. The van der Waals surface area contributed by atoms with Gasteiger partial charge >= 0.3 is 5.97 Å². The van der Waals surface area contributed by atoms with E-state index in [1.165, 1.54) is 24.7 Å². The Bertz CT molecular complexity index is 4140. The van der Waals surface area contributed by atoms with E-state index in [0.717, 1.165) is 6.92 Å². The number of aliphatic hydroxyl groups excluding tert-OH is 1. The maximum absolute atomic E-state index is 15.1. The lowest BCUT2D eigenvalue weighted by atomic mass is 9.99. The third-order valence-corrected chi connectivity index (χ3v) is 17.9. The van der Waals surface area contributed by atoms with Gasteiger partial charge in [0.05, 0.1) is 18.5 Å². The fourth-order valence-corrected chi connectivity index (χ4v) is 12.1. The smallest absolute Gasteiger partial charge is 0.326 e. The minimum atomic E-state index is -1.96. The lowest BCUT2D eigenvalue weighted by molar-refractivity contribution is -0.142. The first-order valence-corrected chi connectivity index (χ1v) is 36.5. The number of carbonyl (C=O) groups is 13. The quantitative estimate of drug-likeness (QED) is 0.0119. The predicted octanol–water partition coefficient (Wildman–Crippen LogP) is -1.36. The van der Waals surface area contributed by atoms with E-state index in [-0.39, 0.29) is 87.9 Å². The number of carboxylic acid groups (broad SMARTS) is 1. The second kappa shape index (κ2) is 43.7. The Labute approximate surface area is 641 Å². The summed E-state index contributed by atoms with van der Waals surface area (Å²) in [5.41, 5.74) is 25.9. The number of guanidine groups is 1. The van der Waals surface area contributed by atoms with Crippen molar-refractivity contribution in [2.24, 2.45) is 34.8 Å². The molecular formula is C76H103N19O16. The van der Waals surface area contributed by atoms with Crippen molar-refractivity contribution in [1.29, 1.82) is 5.41 Å². The summed E-state index contributed by atoms with van der Waals surface area (Å²) in [7, 11) is 0. The van der Waals surface area contributed by atoms with Crippen molar-refractivity contribution in [2.45, 2.75) is 191 Å². The summed E-state index contributed by atoms with van der Waals surface area (Å²) >= 11 is 0. The maximum atomic E-state index is 15.1. The van der Waals surface area contributed by atoms with Gasteiger partial charge in [-0.15, -0.1) is 0 Å². The summed E-state index contributed by atoms with van der Waals surface area (Å²) in [5, 5.41) is 67.8. The number of fused-ring (bicyclic) bond motifs is 1. The van der Waals surface area contributed by atoms with Crippen molar-refractivity contribution < 1.29 is 77.6 Å². The minimum Gasteiger partial charge on any atom is -0.508 e. The topological polar surface area (TPSA) is 587 Å². The molecule has 35 nitrogen and oxygen atoms in total. The van der Waals surface area contributed by atoms with Gasteiger partial charge in [-0.05, 0) is 104 Å². The van der Waals surface area contributed by atoms with Gasteiger partial charge in [-0.3, -0.25) is 62.9 Å². The molecule has 6 aromatic rings. The van der Waals surface area contributed by atoms with Gasteiger partial charge in [0.2, 0.25) is 70.9 Å². The number of primary amides is 2. The monoisotopic (exact) mass is 1540 g/mol. The molecule has 0 aliphatic rings. The fourth-order valence-electron chi connectivity index (χ4n) is 12.1. The average molecular weight is 1540 g/mol. The Hall–Kier alpha value is -12.3. The molecule has 25 N–H and O–H groups in total. The number of hydrogen-bond donors (Lipinski definition) is 21. The van der Waals surface area contributed by atoms with Crippen molar-refractivity contribution in [3.63, 3.8) is 0 Å². The number of phenolic OH excluding ortho intramolecular Hbond substituents is 1. The molecule has 0 spiro atoms. The largest absolute Gasteiger partial charge is 0.508 e. The molecule has 0 aliphatic heterocycles. The summed E-state index contributed by atoms with van der Waals surface area (Å²) in [6.07, 6.45) is -0.433. The molecule has 0 bridgehead atoms. The Morgan fingerprint density at radius 2 is 0.874 bits per heavy atom. The maximum Gasteiger partial charge on any atom is 0.326 e. The zero-order valence-electron chi connectivity index (χ0n) is 62.5. The molecule has 12 atom stereocenters. The molecule has 35 heteroatoms. The number of aromatic amines is 2. The summed E-state index contributed by atoms with van der Waals surface area (Å²) < 4.78 is 0. The zero-order chi connectivity index (χ0) is 81.4. The minimum absolute atomic E-state index is 0.00426. The highest BCUT2D eigenvalue weighted by atomic mass is 16.4. The predicted molar refractivity (Wildman–Crippen MR) is 408 cm³/mol. The van der Waals surface area contributed by atoms with E-state index in [4.69, 9.17) is 28.3 Å². The van der Waals surface area contributed by atoms with Gasteiger partial charge in [-0.1, -0.05) is 119 Å². The van der Waals surface area contributed by atoms with Gasteiger partial charge in [-0.2, -0.15) is 0 Å². The van der Waals surface area contributed by atoms with E-state index in [1.807, 2.05) is 0 Å². The van der Waals surface area contributed by atoms with Crippen LogP contribution in [-0.2, 0) is 94.4 Å². The number of hydrogen-bond acceptors (Lipinski definition) is 18. The fraction of sp³-hybridized carbons (Fsp3) is 0.434.